The zero-order valence-corrected chi connectivity index (χ0v) is 24.0. The van der Waals surface area contributed by atoms with E-state index >= 15 is 0 Å². The van der Waals surface area contributed by atoms with E-state index in [4.69, 9.17) is 11.5 Å². The van der Waals surface area contributed by atoms with Gasteiger partial charge in [-0.1, -0.05) is 25.5 Å². The first-order valence-electron chi connectivity index (χ1n) is 14.8. The van der Waals surface area contributed by atoms with E-state index < -0.39 is 17.2 Å². The number of likely N-dealkylation sites (tertiary alicyclic amines) is 1. The number of carbonyl (C=O) groups is 3. The third-order valence-electron chi connectivity index (χ3n) is 9.39. The molecular weight excluding hydrogens is 546 g/mol. The van der Waals surface area contributed by atoms with Crippen LogP contribution in [-0.2, 0) is 23.1 Å². The summed E-state index contributed by atoms with van der Waals surface area (Å²) in [4.78, 5) is 39.5. The van der Waals surface area contributed by atoms with Crippen LogP contribution in [0.2, 0.25) is 0 Å². The molecule has 2 aromatic carbocycles. The Hall–Kier alpha value is -4.63. The quantitative estimate of drug-likeness (QED) is 0.276. The first-order valence-corrected chi connectivity index (χ1v) is 14.8. The summed E-state index contributed by atoms with van der Waals surface area (Å²) < 4.78 is 0. The van der Waals surface area contributed by atoms with Crippen molar-refractivity contribution in [2.45, 2.75) is 75.4 Å². The second-order valence-corrected chi connectivity index (χ2v) is 11.9. The standard InChI is InChI=1S/C31H35N9O3/c1-2-3-22(35-16-27(41)40-23(15-32)12-21-13-26(21)40)14-31(30-36-38-39-37-30)24-8-6-19(28(33)42)10-17(24)4-5-18-11-20(29(34)43)7-9-25(18)31/h6-11,21-23,26,35H,2-5,12-14,16H2,1H3,(H2,33,42)(H2,34,43)(H,36,37,38,39)/t21-,22?,23?,26+/m1/s1. The molecule has 222 valence electrons. The number of tetrazole rings is 1. The molecule has 2 aliphatic carbocycles. The van der Waals surface area contributed by atoms with Gasteiger partial charge in [0.05, 0.1) is 18.0 Å². The fourth-order valence-electron chi connectivity index (χ4n) is 7.31. The molecule has 1 aromatic heterocycles. The molecule has 3 aromatic rings. The van der Waals surface area contributed by atoms with Gasteiger partial charge in [0, 0.05) is 23.2 Å². The third-order valence-corrected chi connectivity index (χ3v) is 9.39. The highest BCUT2D eigenvalue weighted by Crippen LogP contribution is 2.48. The highest BCUT2D eigenvalue weighted by atomic mass is 16.2. The largest absolute Gasteiger partial charge is 0.366 e. The summed E-state index contributed by atoms with van der Waals surface area (Å²) >= 11 is 0. The Morgan fingerprint density at radius 2 is 1.74 bits per heavy atom. The van der Waals surface area contributed by atoms with Crippen LogP contribution in [0, 0.1) is 17.2 Å². The van der Waals surface area contributed by atoms with Gasteiger partial charge in [-0.25, -0.2) is 5.10 Å². The summed E-state index contributed by atoms with van der Waals surface area (Å²) in [5.74, 6) is -0.155. The van der Waals surface area contributed by atoms with Gasteiger partial charge in [-0.3, -0.25) is 14.4 Å². The second kappa shape index (κ2) is 11.2. The molecule has 6 N–H and O–H groups in total. The van der Waals surface area contributed by atoms with Gasteiger partial charge in [-0.2, -0.15) is 5.26 Å². The Morgan fingerprint density at radius 3 is 2.28 bits per heavy atom. The minimum Gasteiger partial charge on any atom is -0.366 e. The van der Waals surface area contributed by atoms with Gasteiger partial charge >= 0.3 is 0 Å². The number of aryl methyl sites for hydroxylation is 2. The first kappa shape index (κ1) is 28.5. The highest BCUT2D eigenvalue weighted by molar-refractivity contribution is 5.94. The number of H-pyrrole nitrogens is 1. The number of nitriles is 1. The number of piperidine rings is 1. The maximum Gasteiger partial charge on any atom is 0.248 e. The molecule has 3 aliphatic rings. The molecule has 4 atom stereocenters. The molecule has 1 saturated carbocycles. The lowest BCUT2D eigenvalue weighted by Crippen LogP contribution is -2.47. The molecule has 2 unspecified atom stereocenters. The minimum atomic E-state index is -0.919. The molecule has 12 heteroatoms. The van der Waals surface area contributed by atoms with Crippen molar-refractivity contribution in [1.82, 2.24) is 30.8 Å². The SMILES string of the molecule is CCCC(CC1(c2nnn[nH]2)c2ccc(C(N)=O)cc2CCc2cc(C(N)=O)ccc21)NCC(=O)N1C(C#N)C[C@@H]2C[C@@H]21. The first-order chi connectivity index (χ1) is 20.8. The number of nitrogens with zero attached hydrogens (tertiary/aromatic N) is 5. The Kier molecular flexibility index (Phi) is 7.43. The van der Waals surface area contributed by atoms with Crippen molar-refractivity contribution in [3.05, 3.63) is 75.6 Å². The van der Waals surface area contributed by atoms with Crippen molar-refractivity contribution in [2.24, 2.45) is 17.4 Å². The molecule has 1 saturated heterocycles. The Labute approximate surface area is 249 Å². The maximum absolute atomic E-state index is 13.4. The number of hydrogen-bond acceptors (Lipinski definition) is 8. The van der Waals surface area contributed by atoms with Crippen molar-refractivity contribution in [1.29, 1.82) is 5.26 Å². The van der Waals surface area contributed by atoms with Gasteiger partial charge in [0.15, 0.2) is 5.82 Å². The van der Waals surface area contributed by atoms with Gasteiger partial charge in [0.2, 0.25) is 17.7 Å². The topological polar surface area (TPSA) is 197 Å². The van der Waals surface area contributed by atoms with E-state index in [-0.39, 0.29) is 30.6 Å². The molecular formula is C31H35N9O3. The van der Waals surface area contributed by atoms with Crippen LogP contribution < -0.4 is 16.8 Å². The van der Waals surface area contributed by atoms with Crippen LogP contribution >= 0.6 is 0 Å². The summed E-state index contributed by atoms with van der Waals surface area (Å²) in [6.45, 7) is 2.20. The van der Waals surface area contributed by atoms with Crippen LogP contribution in [-0.4, -0.2) is 67.9 Å². The minimum absolute atomic E-state index is 0.0631. The molecule has 0 spiro atoms. The third kappa shape index (κ3) is 5.03. The number of primary amides is 2. The molecule has 3 amide bonds. The number of carbonyl (C=O) groups excluding carboxylic acids is 3. The summed E-state index contributed by atoms with van der Waals surface area (Å²) in [7, 11) is 0. The number of aromatic amines is 1. The fraction of sp³-hybridized carbons (Fsp3) is 0.452. The smallest absolute Gasteiger partial charge is 0.248 e. The van der Waals surface area contributed by atoms with E-state index in [0.717, 1.165) is 47.9 Å². The van der Waals surface area contributed by atoms with Gasteiger partial charge in [-0.15, -0.1) is 5.10 Å². The van der Waals surface area contributed by atoms with Crippen LogP contribution in [0.3, 0.4) is 0 Å². The molecule has 2 heterocycles. The maximum atomic E-state index is 13.4. The highest BCUT2D eigenvalue weighted by Gasteiger charge is 2.54. The molecule has 12 nitrogen and oxygen atoms in total. The number of amides is 3. The molecule has 43 heavy (non-hydrogen) atoms. The fourth-order valence-corrected chi connectivity index (χ4v) is 7.31. The van der Waals surface area contributed by atoms with Gasteiger partial charge < -0.3 is 21.7 Å². The van der Waals surface area contributed by atoms with Gasteiger partial charge in [-0.05, 0) is 101 Å². The van der Waals surface area contributed by atoms with E-state index in [1.165, 1.54) is 0 Å². The molecule has 2 fully saturated rings. The monoisotopic (exact) mass is 581 g/mol. The predicted molar refractivity (Wildman–Crippen MR) is 155 cm³/mol. The van der Waals surface area contributed by atoms with Gasteiger partial charge in [0.1, 0.15) is 6.04 Å². The lowest BCUT2D eigenvalue weighted by Gasteiger charge is -2.38. The van der Waals surface area contributed by atoms with E-state index in [1.807, 2.05) is 24.3 Å². The Balaban J connectivity index is 1.44. The van der Waals surface area contributed by atoms with Crippen LogP contribution in [0.4, 0.5) is 0 Å². The Morgan fingerprint density at radius 1 is 1.09 bits per heavy atom. The lowest BCUT2D eigenvalue weighted by molar-refractivity contribution is -0.131. The number of rotatable bonds is 10. The van der Waals surface area contributed by atoms with Crippen molar-refractivity contribution in [2.75, 3.05) is 6.54 Å². The summed E-state index contributed by atoms with van der Waals surface area (Å²) in [5.41, 5.74) is 14.9. The van der Waals surface area contributed by atoms with E-state index in [9.17, 15) is 19.6 Å². The molecule has 0 radical (unpaired) electrons. The zero-order valence-electron chi connectivity index (χ0n) is 24.0. The van der Waals surface area contributed by atoms with Gasteiger partial charge in [0.25, 0.3) is 0 Å². The van der Waals surface area contributed by atoms with Crippen molar-refractivity contribution in [3.63, 3.8) is 0 Å². The number of benzene rings is 2. The zero-order chi connectivity index (χ0) is 30.3. The van der Waals surface area contributed by atoms with Crippen LogP contribution in [0.1, 0.15) is 87.8 Å². The van der Waals surface area contributed by atoms with E-state index in [0.29, 0.717) is 42.1 Å². The summed E-state index contributed by atoms with van der Waals surface area (Å²) in [6.07, 6.45) is 4.99. The normalized spacial score (nSPS) is 22.0. The number of nitrogens with one attached hydrogen (secondary N) is 2. The second-order valence-electron chi connectivity index (χ2n) is 11.9. The van der Waals surface area contributed by atoms with Crippen molar-refractivity contribution >= 4 is 17.7 Å². The number of fused-ring (bicyclic) bond motifs is 3. The molecule has 6 rings (SSSR count). The predicted octanol–water partition coefficient (Wildman–Crippen LogP) is 1.49. The Bertz CT molecular complexity index is 1550. The number of aromatic nitrogens is 4. The lowest BCUT2D eigenvalue weighted by atomic mass is 9.67. The number of hydrogen-bond donors (Lipinski definition) is 4. The molecule has 0 bridgehead atoms. The summed E-state index contributed by atoms with van der Waals surface area (Å²) in [5, 5.41) is 28.5. The number of nitrogens with two attached hydrogens (primary N) is 2. The van der Waals surface area contributed by atoms with Crippen molar-refractivity contribution < 1.29 is 14.4 Å². The van der Waals surface area contributed by atoms with E-state index in [1.54, 1.807) is 17.0 Å². The average molecular weight is 582 g/mol. The average Bonchev–Trinajstić information content (AvgIpc) is 3.38. The van der Waals surface area contributed by atoms with Crippen LogP contribution in [0.25, 0.3) is 0 Å². The van der Waals surface area contributed by atoms with Crippen molar-refractivity contribution in [3.8, 4) is 6.07 Å². The van der Waals surface area contributed by atoms with Crippen LogP contribution in [0.5, 0.6) is 0 Å². The van der Waals surface area contributed by atoms with Crippen LogP contribution in [0.15, 0.2) is 36.4 Å². The summed E-state index contributed by atoms with van der Waals surface area (Å²) in [6, 6.07) is 12.9. The van der Waals surface area contributed by atoms with E-state index in [2.05, 4.69) is 38.9 Å². The molecule has 1 aliphatic heterocycles.